The summed E-state index contributed by atoms with van der Waals surface area (Å²) in [6, 6.07) is 0. The predicted molar refractivity (Wildman–Crippen MR) is 68.4 cm³/mol. The molecule has 0 unspecified atom stereocenters. The Morgan fingerprint density at radius 1 is 1.42 bits per heavy atom. The Kier molecular flexibility index (Phi) is 3.97. The lowest BCUT2D eigenvalue weighted by Gasteiger charge is -2.34. The largest absolute Gasteiger partial charge is 0.480 e. The molecule has 19 heavy (non-hydrogen) atoms. The first-order valence-corrected chi connectivity index (χ1v) is 6.60. The molecule has 0 spiro atoms. The third kappa shape index (κ3) is 2.67. The molecule has 0 bridgehead atoms. The van der Waals surface area contributed by atoms with Gasteiger partial charge in [-0.25, -0.2) is 19.2 Å². The predicted octanol–water partition coefficient (Wildman–Crippen LogP) is 2.38. The number of nitrogens with one attached hydrogen (secondary N) is 1. The maximum atomic E-state index is 14.1. The second kappa shape index (κ2) is 5.50. The Morgan fingerprint density at radius 3 is 2.68 bits per heavy atom. The second-order valence-corrected chi connectivity index (χ2v) is 4.91. The van der Waals surface area contributed by atoms with E-state index in [-0.39, 0.29) is 5.82 Å². The summed E-state index contributed by atoms with van der Waals surface area (Å²) in [5.41, 5.74) is -0.799. The fourth-order valence-corrected chi connectivity index (χ4v) is 2.51. The van der Waals surface area contributed by atoms with Gasteiger partial charge in [-0.3, -0.25) is 0 Å². The zero-order valence-electron chi connectivity index (χ0n) is 10.9. The van der Waals surface area contributed by atoms with Gasteiger partial charge in [-0.15, -0.1) is 0 Å². The van der Waals surface area contributed by atoms with Crippen LogP contribution in [0.1, 0.15) is 44.7 Å². The summed E-state index contributed by atoms with van der Waals surface area (Å²) in [6.45, 7) is 1.79. The van der Waals surface area contributed by atoms with Crippen LogP contribution in [-0.4, -0.2) is 26.6 Å². The number of halogens is 1. The summed E-state index contributed by atoms with van der Waals surface area (Å²) < 4.78 is 14.1. The van der Waals surface area contributed by atoms with Gasteiger partial charge in [0, 0.05) is 0 Å². The van der Waals surface area contributed by atoms with E-state index in [9.17, 15) is 14.3 Å². The van der Waals surface area contributed by atoms with Crippen molar-refractivity contribution in [1.29, 1.82) is 0 Å². The molecule has 1 aromatic rings. The van der Waals surface area contributed by atoms with Crippen molar-refractivity contribution in [2.75, 3.05) is 5.32 Å². The fraction of sp³-hybridized carbons (Fsp3) is 0.615. The number of rotatable bonds is 4. The van der Waals surface area contributed by atoms with Gasteiger partial charge in [0.2, 0.25) is 0 Å². The molecule has 1 heterocycles. The van der Waals surface area contributed by atoms with Gasteiger partial charge in [-0.05, 0) is 19.3 Å². The van der Waals surface area contributed by atoms with Crippen LogP contribution < -0.4 is 5.32 Å². The van der Waals surface area contributed by atoms with Crippen LogP contribution in [0.2, 0.25) is 0 Å². The van der Waals surface area contributed by atoms with E-state index < -0.39 is 17.3 Å². The number of carboxylic acid groups (broad SMARTS) is 1. The second-order valence-electron chi connectivity index (χ2n) is 4.91. The minimum atomic E-state index is -1.10. The van der Waals surface area contributed by atoms with Gasteiger partial charge >= 0.3 is 5.97 Å². The van der Waals surface area contributed by atoms with Gasteiger partial charge in [0.15, 0.2) is 11.6 Å². The summed E-state index contributed by atoms with van der Waals surface area (Å²) in [7, 11) is 0. The fourth-order valence-electron chi connectivity index (χ4n) is 2.51. The number of anilines is 1. The molecule has 1 saturated carbocycles. The number of aliphatic carboxylic acids is 1. The molecule has 104 valence electrons. The molecule has 0 saturated heterocycles. The smallest absolute Gasteiger partial charge is 0.329 e. The van der Waals surface area contributed by atoms with Crippen LogP contribution in [0.4, 0.5) is 10.2 Å². The van der Waals surface area contributed by atoms with Crippen molar-refractivity contribution in [3.63, 3.8) is 0 Å². The number of aryl methyl sites for hydroxylation is 1. The molecular formula is C13H18FN3O2. The Balaban J connectivity index is 2.29. The SMILES string of the molecule is CCc1ncnc(NC2(C(=O)O)CCCCC2)c1F. The van der Waals surface area contributed by atoms with E-state index >= 15 is 0 Å². The van der Waals surface area contributed by atoms with E-state index in [0.717, 1.165) is 19.3 Å². The van der Waals surface area contributed by atoms with E-state index in [1.54, 1.807) is 6.92 Å². The zero-order valence-corrected chi connectivity index (χ0v) is 10.9. The van der Waals surface area contributed by atoms with Gasteiger partial charge in [-0.2, -0.15) is 0 Å². The molecule has 1 fully saturated rings. The molecular weight excluding hydrogens is 249 g/mol. The van der Waals surface area contributed by atoms with Gasteiger partial charge in [0.1, 0.15) is 11.9 Å². The van der Waals surface area contributed by atoms with Crippen molar-refractivity contribution < 1.29 is 14.3 Å². The summed E-state index contributed by atoms with van der Waals surface area (Å²) in [6.07, 6.45) is 5.37. The third-order valence-corrected chi connectivity index (χ3v) is 3.67. The van der Waals surface area contributed by atoms with Gasteiger partial charge in [0.05, 0.1) is 5.69 Å². The van der Waals surface area contributed by atoms with Crippen molar-refractivity contribution in [1.82, 2.24) is 9.97 Å². The highest BCUT2D eigenvalue weighted by molar-refractivity contribution is 5.82. The Hall–Kier alpha value is -1.72. The molecule has 0 aromatic carbocycles. The third-order valence-electron chi connectivity index (χ3n) is 3.67. The topological polar surface area (TPSA) is 75.1 Å². The minimum Gasteiger partial charge on any atom is -0.480 e. The average Bonchev–Trinajstić information content (AvgIpc) is 2.42. The van der Waals surface area contributed by atoms with Crippen LogP contribution in [0.3, 0.4) is 0 Å². The monoisotopic (exact) mass is 267 g/mol. The highest BCUT2D eigenvalue weighted by atomic mass is 19.1. The number of nitrogens with zero attached hydrogens (tertiary/aromatic N) is 2. The van der Waals surface area contributed by atoms with Crippen molar-refractivity contribution in [3.05, 3.63) is 17.8 Å². The lowest BCUT2D eigenvalue weighted by atomic mass is 9.81. The lowest BCUT2D eigenvalue weighted by Crippen LogP contribution is -2.48. The number of hydrogen-bond donors (Lipinski definition) is 2. The van der Waals surface area contributed by atoms with E-state index in [0.29, 0.717) is 25.0 Å². The normalized spacial score (nSPS) is 18.0. The summed E-state index contributed by atoms with van der Waals surface area (Å²) in [5.74, 6) is -1.49. The molecule has 6 heteroatoms. The van der Waals surface area contributed by atoms with Crippen molar-refractivity contribution in [2.24, 2.45) is 0 Å². The molecule has 0 radical (unpaired) electrons. The zero-order chi connectivity index (χ0) is 13.9. The lowest BCUT2D eigenvalue weighted by molar-refractivity contribution is -0.143. The van der Waals surface area contributed by atoms with Gasteiger partial charge in [0.25, 0.3) is 0 Å². The Labute approximate surface area is 111 Å². The first kappa shape index (κ1) is 13.7. The number of hydrogen-bond acceptors (Lipinski definition) is 4. The molecule has 5 nitrogen and oxygen atoms in total. The van der Waals surface area contributed by atoms with Crippen LogP contribution in [0.15, 0.2) is 6.33 Å². The first-order valence-electron chi connectivity index (χ1n) is 6.60. The maximum absolute atomic E-state index is 14.1. The van der Waals surface area contributed by atoms with E-state index in [1.165, 1.54) is 6.33 Å². The van der Waals surface area contributed by atoms with Crippen LogP contribution in [0, 0.1) is 5.82 Å². The first-order chi connectivity index (χ1) is 9.09. The van der Waals surface area contributed by atoms with Crippen molar-refractivity contribution in [3.8, 4) is 0 Å². The maximum Gasteiger partial charge on any atom is 0.329 e. The Bertz CT molecular complexity index is 473. The number of aromatic nitrogens is 2. The highest BCUT2D eigenvalue weighted by Crippen LogP contribution is 2.32. The standard InChI is InChI=1S/C13H18FN3O2/c1-2-9-10(14)11(16-8-15-9)17-13(12(18)19)6-4-3-5-7-13/h8H,2-7H2,1H3,(H,18,19)(H,15,16,17). The molecule has 1 aliphatic rings. The number of carbonyl (C=O) groups is 1. The minimum absolute atomic E-state index is 0.00356. The highest BCUT2D eigenvalue weighted by Gasteiger charge is 2.40. The summed E-state index contributed by atoms with van der Waals surface area (Å²) >= 11 is 0. The number of carboxylic acids is 1. The molecule has 1 aromatic heterocycles. The van der Waals surface area contributed by atoms with Gasteiger partial charge in [-0.1, -0.05) is 26.2 Å². The molecule has 0 aliphatic heterocycles. The summed E-state index contributed by atoms with van der Waals surface area (Å²) in [5, 5.41) is 12.3. The van der Waals surface area contributed by atoms with Crippen molar-refractivity contribution >= 4 is 11.8 Å². The molecule has 2 rings (SSSR count). The van der Waals surface area contributed by atoms with Crippen LogP contribution in [0.25, 0.3) is 0 Å². The average molecular weight is 267 g/mol. The van der Waals surface area contributed by atoms with E-state index in [4.69, 9.17) is 0 Å². The van der Waals surface area contributed by atoms with Crippen LogP contribution in [0.5, 0.6) is 0 Å². The van der Waals surface area contributed by atoms with E-state index in [2.05, 4.69) is 15.3 Å². The molecule has 0 amide bonds. The van der Waals surface area contributed by atoms with Crippen LogP contribution in [-0.2, 0) is 11.2 Å². The molecule has 1 aliphatic carbocycles. The molecule has 2 N–H and O–H groups in total. The van der Waals surface area contributed by atoms with E-state index in [1.807, 2.05) is 0 Å². The molecule has 0 atom stereocenters. The quantitative estimate of drug-likeness (QED) is 0.876. The van der Waals surface area contributed by atoms with Crippen molar-refractivity contribution in [2.45, 2.75) is 51.0 Å². The van der Waals surface area contributed by atoms with Crippen LogP contribution >= 0.6 is 0 Å². The van der Waals surface area contributed by atoms with Gasteiger partial charge < -0.3 is 10.4 Å². The Morgan fingerprint density at radius 2 is 2.11 bits per heavy atom. The summed E-state index contributed by atoms with van der Waals surface area (Å²) in [4.78, 5) is 19.2.